The highest BCUT2D eigenvalue weighted by atomic mass is 35.5. The average molecular weight is 480 g/mol. The molecule has 33 heavy (non-hydrogen) atoms. The second-order valence-electron chi connectivity index (χ2n) is 9.90. The maximum absolute atomic E-state index is 12.7. The molecule has 0 aliphatic carbocycles. The summed E-state index contributed by atoms with van der Waals surface area (Å²) in [7, 11) is -0.686. The second kappa shape index (κ2) is 9.80. The van der Waals surface area contributed by atoms with Gasteiger partial charge in [0, 0.05) is 26.1 Å². The second-order valence-corrected chi connectivity index (χ2v) is 10.3. The van der Waals surface area contributed by atoms with Gasteiger partial charge in [-0.25, -0.2) is 9.78 Å². The van der Waals surface area contributed by atoms with Crippen molar-refractivity contribution in [1.82, 2.24) is 14.8 Å². The number of hydrogen-bond donors (Lipinski definition) is 0. The van der Waals surface area contributed by atoms with Crippen molar-refractivity contribution >= 4 is 36.3 Å². The molecule has 2 unspecified atom stereocenters. The van der Waals surface area contributed by atoms with Crippen LogP contribution in [0.2, 0.25) is 5.15 Å². The Morgan fingerprint density at radius 1 is 1.21 bits per heavy atom. The van der Waals surface area contributed by atoms with Gasteiger partial charge in [0.05, 0.1) is 29.4 Å². The first-order chi connectivity index (χ1) is 15.4. The molecule has 2 aliphatic rings. The van der Waals surface area contributed by atoms with Gasteiger partial charge in [-0.05, 0) is 58.7 Å². The third-order valence-corrected chi connectivity index (χ3v) is 6.94. The van der Waals surface area contributed by atoms with Gasteiger partial charge in [0.25, 0.3) is 0 Å². The van der Waals surface area contributed by atoms with Crippen LogP contribution in [0.4, 0.5) is 4.79 Å². The molecule has 0 bridgehead atoms. The van der Waals surface area contributed by atoms with Crippen LogP contribution in [0.5, 0.6) is 0 Å². The molecule has 2 atom stereocenters. The number of nitrogens with zero attached hydrogens (tertiary/aromatic N) is 3. The topological polar surface area (TPSA) is 81.2 Å². The molecule has 182 valence electrons. The van der Waals surface area contributed by atoms with Gasteiger partial charge < -0.3 is 23.8 Å². The highest BCUT2D eigenvalue weighted by Crippen LogP contribution is 2.37. The molecule has 10 heteroatoms. The summed E-state index contributed by atoms with van der Waals surface area (Å²) in [5, 5.41) is 0.274. The molecule has 0 N–H and O–H groups in total. The molecule has 3 rings (SSSR count). The Morgan fingerprint density at radius 3 is 2.42 bits per heavy atom. The van der Waals surface area contributed by atoms with E-state index in [1.807, 2.05) is 47.6 Å². The highest BCUT2D eigenvalue weighted by molar-refractivity contribution is 6.61. The van der Waals surface area contributed by atoms with E-state index >= 15 is 0 Å². The van der Waals surface area contributed by atoms with Crippen LogP contribution in [-0.2, 0) is 18.8 Å². The maximum atomic E-state index is 12.7. The zero-order valence-electron chi connectivity index (χ0n) is 20.7. The molecule has 2 saturated heterocycles. The number of halogens is 1. The Bertz CT molecular complexity index is 881. The largest absolute Gasteiger partial charge is 0.514 e. The van der Waals surface area contributed by atoms with E-state index in [9.17, 15) is 9.59 Å². The van der Waals surface area contributed by atoms with Gasteiger partial charge in [-0.1, -0.05) is 24.9 Å². The van der Waals surface area contributed by atoms with Crippen LogP contribution in [-0.4, -0.2) is 70.8 Å². The van der Waals surface area contributed by atoms with Crippen LogP contribution in [0.25, 0.3) is 0 Å². The summed E-state index contributed by atoms with van der Waals surface area (Å²) < 4.78 is 17.7. The van der Waals surface area contributed by atoms with Crippen LogP contribution in [0.1, 0.15) is 72.9 Å². The van der Waals surface area contributed by atoms with E-state index in [-0.39, 0.29) is 23.2 Å². The zero-order chi connectivity index (χ0) is 24.6. The number of piperazine rings is 1. The smallest absolute Gasteiger partial charge is 0.449 e. The van der Waals surface area contributed by atoms with E-state index in [2.05, 4.69) is 4.98 Å². The molecule has 2 aliphatic heterocycles. The third-order valence-electron chi connectivity index (χ3n) is 6.75. The molecule has 2 fully saturated rings. The van der Waals surface area contributed by atoms with E-state index in [0.717, 1.165) is 18.4 Å². The first kappa shape index (κ1) is 25.8. The fraction of sp³-hybridized carbons (Fsp3) is 0.696. The predicted octanol–water partition coefficient (Wildman–Crippen LogP) is 3.56. The van der Waals surface area contributed by atoms with E-state index in [1.54, 1.807) is 15.9 Å². The number of ether oxygens (including phenoxy) is 1. The summed E-state index contributed by atoms with van der Waals surface area (Å²) in [6, 6.07) is 3.00. The number of carbonyl (C=O) groups excluding carboxylic acids is 2. The Labute approximate surface area is 202 Å². The van der Waals surface area contributed by atoms with Gasteiger partial charge >= 0.3 is 13.2 Å². The Balaban J connectivity index is 1.91. The molecule has 1 aromatic rings. The van der Waals surface area contributed by atoms with Crippen molar-refractivity contribution in [3.63, 3.8) is 0 Å². The Morgan fingerprint density at radius 2 is 1.85 bits per heavy atom. The van der Waals surface area contributed by atoms with Gasteiger partial charge in [-0.3, -0.25) is 4.79 Å². The molecular formula is C23H35BClN3O5. The lowest BCUT2D eigenvalue weighted by molar-refractivity contribution is -0.137. The van der Waals surface area contributed by atoms with Gasteiger partial charge in [0.1, 0.15) is 5.15 Å². The lowest BCUT2D eigenvalue weighted by Crippen LogP contribution is -2.56. The summed E-state index contributed by atoms with van der Waals surface area (Å²) in [5.41, 5.74) is 0.264. The molecule has 0 aromatic carbocycles. The lowest BCUT2D eigenvalue weighted by Gasteiger charge is -2.45. The van der Waals surface area contributed by atoms with E-state index in [1.165, 1.54) is 6.92 Å². The summed E-state index contributed by atoms with van der Waals surface area (Å²) in [4.78, 5) is 33.1. The van der Waals surface area contributed by atoms with E-state index in [0.29, 0.717) is 25.3 Å². The Hall–Kier alpha value is -1.84. The predicted molar refractivity (Wildman–Crippen MR) is 128 cm³/mol. The number of aromatic nitrogens is 1. The van der Waals surface area contributed by atoms with Crippen LogP contribution in [0.3, 0.4) is 0 Å². The first-order valence-electron chi connectivity index (χ1n) is 11.6. The van der Waals surface area contributed by atoms with Crippen molar-refractivity contribution < 1.29 is 23.6 Å². The van der Waals surface area contributed by atoms with Crippen molar-refractivity contribution in [2.24, 2.45) is 0 Å². The minimum Gasteiger partial charge on any atom is -0.449 e. The van der Waals surface area contributed by atoms with E-state index in [4.69, 9.17) is 25.6 Å². The maximum Gasteiger partial charge on any atom is 0.514 e. The third kappa shape index (κ3) is 5.47. The van der Waals surface area contributed by atoms with Gasteiger partial charge in [0.2, 0.25) is 5.91 Å². The summed E-state index contributed by atoms with van der Waals surface area (Å²) in [6.07, 6.45) is 1.40. The van der Waals surface area contributed by atoms with Crippen LogP contribution >= 0.6 is 11.6 Å². The zero-order valence-corrected chi connectivity index (χ0v) is 21.4. The highest BCUT2D eigenvalue weighted by Gasteiger charge is 2.52. The van der Waals surface area contributed by atoms with Crippen LogP contribution < -0.4 is 5.59 Å². The minimum atomic E-state index is -0.686. The number of rotatable bonds is 5. The van der Waals surface area contributed by atoms with Crippen LogP contribution in [0.15, 0.2) is 12.1 Å². The minimum absolute atomic E-state index is 0.0726. The SMILES string of the molecule is CCCCOC(=O)N1CC(C)N(C(C)=O)C(c2cc(Cl)nc(B3OC(C)(C)C(C)(C)O3)c2)C1. The average Bonchev–Trinajstić information content (AvgIpc) is 2.93. The number of amides is 2. The number of carbonyl (C=O) groups is 2. The normalized spacial score (nSPS) is 24.2. The number of hydrogen-bond acceptors (Lipinski definition) is 6. The fourth-order valence-corrected chi connectivity index (χ4v) is 4.46. The lowest BCUT2D eigenvalue weighted by atomic mass is 9.82. The quantitative estimate of drug-likeness (QED) is 0.365. The van der Waals surface area contributed by atoms with Gasteiger partial charge in [-0.15, -0.1) is 0 Å². The van der Waals surface area contributed by atoms with E-state index < -0.39 is 24.4 Å². The van der Waals surface area contributed by atoms with Crippen molar-refractivity contribution in [1.29, 1.82) is 0 Å². The van der Waals surface area contributed by atoms with Crippen molar-refractivity contribution in [3.05, 3.63) is 22.8 Å². The Kier molecular flexibility index (Phi) is 7.66. The number of unbranched alkanes of at least 4 members (excludes halogenated alkanes) is 1. The molecule has 0 saturated carbocycles. The molecule has 2 amide bonds. The molecule has 0 radical (unpaired) electrons. The van der Waals surface area contributed by atoms with Crippen LogP contribution in [0, 0.1) is 0 Å². The molecule has 8 nitrogen and oxygen atoms in total. The van der Waals surface area contributed by atoms with Crippen molar-refractivity contribution in [2.45, 2.75) is 84.6 Å². The summed E-state index contributed by atoms with van der Waals surface area (Å²) in [5.74, 6) is -0.0726. The summed E-state index contributed by atoms with van der Waals surface area (Å²) in [6.45, 7) is 14.5. The van der Waals surface area contributed by atoms with Gasteiger partial charge in [0.15, 0.2) is 0 Å². The summed E-state index contributed by atoms with van der Waals surface area (Å²) >= 11 is 6.41. The number of pyridine rings is 1. The standard InChI is InChI=1S/C23H35BClN3O5/c1-8-9-10-31-21(30)27-13-15(2)28(16(3)29)18(14-27)17-11-19(26-20(25)12-17)24-32-22(4,5)23(6,7)33-24/h11-12,15,18H,8-10,13-14H2,1-7H3. The fourth-order valence-electron chi connectivity index (χ4n) is 4.24. The molecule has 1 aromatic heterocycles. The monoisotopic (exact) mass is 479 g/mol. The van der Waals surface area contributed by atoms with Crippen molar-refractivity contribution in [2.75, 3.05) is 19.7 Å². The van der Waals surface area contributed by atoms with Crippen molar-refractivity contribution in [3.8, 4) is 0 Å². The van der Waals surface area contributed by atoms with Gasteiger partial charge in [-0.2, -0.15) is 0 Å². The molecule has 0 spiro atoms. The molecule has 3 heterocycles. The molecular weight excluding hydrogens is 445 g/mol. The first-order valence-corrected chi connectivity index (χ1v) is 12.0.